The molecule has 0 radical (unpaired) electrons. The molecule has 5 rings (SSSR count). The van der Waals surface area contributed by atoms with Gasteiger partial charge in [-0.25, -0.2) is 4.79 Å². The van der Waals surface area contributed by atoms with Crippen molar-refractivity contribution in [2.45, 2.75) is 31.2 Å². The number of para-hydroxylation sites is 1. The highest BCUT2D eigenvalue weighted by Crippen LogP contribution is 2.50. The van der Waals surface area contributed by atoms with Crippen LogP contribution in [0.2, 0.25) is 0 Å². The third kappa shape index (κ3) is 2.54. The maximum Gasteiger partial charge on any atom is 0.338 e. The second-order valence-corrected chi connectivity index (χ2v) is 7.99. The number of nitrogens with one attached hydrogen (secondary N) is 1. The summed E-state index contributed by atoms with van der Waals surface area (Å²) in [7, 11) is 1.43. The molecule has 1 aromatic heterocycles. The first-order valence-corrected chi connectivity index (χ1v) is 9.70. The first-order chi connectivity index (χ1) is 13.2. The molecule has 1 N–H and O–H groups in total. The van der Waals surface area contributed by atoms with Gasteiger partial charge in [-0.3, -0.25) is 0 Å². The molecule has 1 aliphatic carbocycles. The largest absolute Gasteiger partial charge is 0.465 e. The van der Waals surface area contributed by atoms with E-state index in [-0.39, 0.29) is 5.97 Å². The Morgan fingerprint density at radius 1 is 1.22 bits per heavy atom. The zero-order valence-electron chi connectivity index (χ0n) is 15.6. The monoisotopic (exact) mass is 360 g/mol. The van der Waals surface area contributed by atoms with Gasteiger partial charge in [-0.15, -0.1) is 0 Å². The van der Waals surface area contributed by atoms with Crippen LogP contribution < -0.4 is 5.32 Å². The molecule has 2 heterocycles. The number of nitrogens with zero attached hydrogens (tertiary/aromatic N) is 1. The van der Waals surface area contributed by atoms with Crippen LogP contribution in [-0.2, 0) is 16.7 Å². The highest BCUT2D eigenvalue weighted by atomic mass is 16.5. The molecule has 2 atom stereocenters. The van der Waals surface area contributed by atoms with Crippen molar-refractivity contribution < 1.29 is 9.53 Å². The topological polar surface area (TPSA) is 43.3 Å². The lowest BCUT2D eigenvalue weighted by Crippen LogP contribution is -2.25. The summed E-state index contributed by atoms with van der Waals surface area (Å²) in [6, 6.07) is 16.7. The summed E-state index contributed by atoms with van der Waals surface area (Å²) in [5.74, 6) is 0.377. The second kappa shape index (κ2) is 6.15. The Morgan fingerprint density at radius 3 is 3.00 bits per heavy atom. The Hall–Kier alpha value is -2.75. The summed E-state index contributed by atoms with van der Waals surface area (Å²) in [5, 5.41) is 4.59. The molecule has 2 aromatic carbocycles. The van der Waals surface area contributed by atoms with Crippen LogP contribution >= 0.6 is 0 Å². The molecule has 138 valence electrons. The van der Waals surface area contributed by atoms with E-state index in [9.17, 15) is 4.79 Å². The molecule has 2 aliphatic rings. The fraction of sp³-hybridized carbons (Fsp3) is 0.348. The number of carbonyl (C=O) groups excluding carboxylic acids is 1. The van der Waals surface area contributed by atoms with Crippen molar-refractivity contribution in [3.05, 3.63) is 65.9 Å². The van der Waals surface area contributed by atoms with Crippen molar-refractivity contribution in [2.24, 2.45) is 5.92 Å². The summed E-state index contributed by atoms with van der Waals surface area (Å²) >= 11 is 0. The number of ether oxygens (including phenoxy) is 1. The summed E-state index contributed by atoms with van der Waals surface area (Å²) in [5.41, 5.74) is 4.86. The van der Waals surface area contributed by atoms with E-state index in [0.717, 1.165) is 24.0 Å². The highest BCUT2D eigenvalue weighted by molar-refractivity contribution is 6.03. The number of hydrogen-bond acceptors (Lipinski definition) is 3. The average molecular weight is 360 g/mol. The second-order valence-electron chi connectivity index (χ2n) is 7.99. The number of fused-ring (bicyclic) bond motifs is 3. The summed E-state index contributed by atoms with van der Waals surface area (Å²) < 4.78 is 7.23. The molecule has 1 saturated carbocycles. The van der Waals surface area contributed by atoms with E-state index >= 15 is 0 Å². The smallest absolute Gasteiger partial charge is 0.338 e. The fourth-order valence-electron chi connectivity index (χ4n) is 5.21. The minimum absolute atomic E-state index is 0.271. The van der Waals surface area contributed by atoms with Gasteiger partial charge in [0.15, 0.2) is 0 Å². The number of carbonyl (C=O) groups is 1. The van der Waals surface area contributed by atoms with Gasteiger partial charge in [0, 0.05) is 41.3 Å². The van der Waals surface area contributed by atoms with E-state index < -0.39 is 0 Å². The number of benzene rings is 2. The van der Waals surface area contributed by atoms with Gasteiger partial charge in [0.2, 0.25) is 0 Å². The number of aromatic nitrogens is 1. The molecule has 0 amide bonds. The minimum Gasteiger partial charge on any atom is -0.465 e. The van der Waals surface area contributed by atoms with Crippen molar-refractivity contribution in [1.29, 1.82) is 0 Å². The summed E-state index contributed by atoms with van der Waals surface area (Å²) in [6.45, 7) is 2.06. The van der Waals surface area contributed by atoms with E-state index in [4.69, 9.17) is 4.74 Å². The van der Waals surface area contributed by atoms with Crippen LogP contribution in [0.1, 0.15) is 35.2 Å². The molecule has 2 unspecified atom stereocenters. The van der Waals surface area contributed by atoms with E-state index in [2.05, 4.69) is 46.4 Å². The lowest BCUT2D eigenvalue weighted by molar-refractivity contribution is 0.0603. The van der Waals surface area contributed by atoms with Gasteiger partial charge in [-0.1, -0.05) is 24.3 Å². The molecule has 27 heavy (non-hydrogen) atoms. The molecular weight excluding hydrogens is 336 g/mol. The molecule has 3 aromatic rings. The highest BCUT2D eigenvalue weighted by Gasteiger charge is 2.44. The van der Waals surface area contributed by atoms with Crippen LogP contribution in [0, 0.1) is 5.92 Å². The maximum absolute atomic E-state index is 12.0. The maximum atomic E-state index is 12.0. The molecule has 4 heteroatoms. The normalized spacial score (nSPS) is 23.5. The van der Waals surface area contributed by atoms with E-state index in [1.807, 2.05) is 18.2 Å². The number of esters is 1. The predicted octanol–water partition coefficient (Wildman–Crippen LogP) is 4.59. The molecular formula is C23H24N2O2. The third-order valence-electron chi connectivity index (χ3n) is 6.50. The zero-order valence-corrected chi connectivity index (χ0v) is 15.6. The van der Waals surface area contributed by atoms with Crippen LogP contribution in [0.3, 0.4) is 0 Å². The van der Waals surface area contributed by atoms with Gasteiger partial charge in [0.05, 0.1) is 12.7 Å². The number of anilines is 1. The van der Waals surface area contributed by atoms with Crippen molar-refractivity contribution in [1.82, 2.24) is 4.57 Å². The van der Waals surface area contributed by atoms with Crippen molar-refractivity contribution in [3.63, 3.8) is 0 Å². The van der Waals surface area contributed by atoms with E-state index in [1.54, 1.807) is 0 Å². The Bertz CT molecular complexity index is 1020. The Kier molecular flexibility index (Phi) is 3.74. The number of rotatable bonds is 3. The Labute approximate surface area is 159 Å². The molecule has 1 aliphatic heterocycles. The molecule has 0 bridgehead atoms. The fourth-order valence-corrected chi connectivity index (χ4v) is 5.21. The van der Waals surface area contributed by atoms with Gasteiger partial charge >= 0.3 is 5.97 Å². The first-order valence-electron chi connectivity index (χ1n) is 9.70. The third-order valence-corrected chi connectivity index (χ3v) is 6.50. The number of methoxy groups -OCH3 is 1. The quantitative estimate of drug-likeness (QED) is 0.695. The van der Waals surface area contributed by atoms with Crippen LogP contribution in [0.4, 0.5) is 5.69 Å². The molecule has 0 saturated heterocycles. The van der Waals surface area contributed by atoms with Crippen LogP contribution in [-0.4, -0.2) is 24.2 Å². The van der Waals surface area contributed by atoms with E-state index in [0.29, 0.717) is 16.9 Å². The van der Waals surface area contributed by atoms with E-state index in [1.165, 1.54) is 37.6 Å². The van der Waals surface area contributed by atoms with Gasteiger partial charge in [0.25, 0.3) is 0 Å². The predicted molar refractivity (Wildman–Crippen MR) is 107 cm³/mol. The molecule has 4 nitrogen and oxygen atoms in total. The lowest BCUT2D eigenvalue weighted by atomic mass is 9.80. The van der Waals surface area contributed by atoms with Crippen molar-refractivity contribution in [3.8, 4) is 0 Å². The van der Waals surface area contributed by atoms with Crippen LogP contribution in [0.15, 0.2) is 54.7 Å². The standard InChI is InChI=1S/C23H24N2O2/c1-27-22(26)18-5-4-8-21-17(18)10-12-25(21)14-16-9-11-23(13-16)15-24-20-7-3-2-6-19(20)23/h2-8,10,12,16,24H,9,11,13-15H2,1H3. The van der Waals surface area contributed by atoms with Crippen molar-refractivity contribution in [2.75, 3.05) is 19.0 Å². The lowest BCUT2D eigenvalue weighted by Gasteiger charge is -2.24. The van der Waals surface area contributed by atoms with Gasteiger partial charge in [-0.05, 0) is 55.0 Å². The Balaban J connectivity index is 1.41. The molecule has 1 spiro atoms. The van der Waals surface area contributed by atoms with Crippen LogP contribution in [0.5, 0.6) is 0 Å². The minimum atomic E-state index is -0.271. The summed E-state index contributed by atoms with van der Waals surface area (Å²) in [4.78, 5) is 12.0. The van der Waals surface area contributed by atoms with Crippen molar-refractivity contribution >= 4 is 22.6 Å². The SMILES string of the molecule is COC(=O)c1cccc2c1ccn2CC1CCC2(CNc3ccccc32)C1. The summed E-state index contributed by atoms with van der Waals surface area (Å²) in [6.07, 6.45) is 5.82. The average Bonchev–Trinajstić information content (AvgIpc) is 3.41. The van der Waals surface area contributed by atoms with Gasteiger partial charge in [0.1, 0.15) is 0 Å². The van der Waals surface area contributed by atoms with Gasteiger partial charge < -0.3 is 14.6 Å². The van der Waals surface area contributed by atoms with Gasteiger partial charge in [-0.2, -0.15) is 0 Å². The van der Waals surface area contributed by atoms with Crippen LogP contribution in [0.25, 0.3) is 10.9 Å². The number of hydrogen-bond donors (Lipinski definition) is 1. The molecule has 1 fully saturated rings. The first kappa shape index (κ1) is 16.4. The Morgan fingerprint density at radius 2 is 2.11 bits per heavy atom. The zero-order chi connectivity index (χ0) is 18.4.